The van der Waals surface area contributed by atoms with Crippen LogP contribution in [0.2, 0.25) is 0 Å². The van der Waals surface area contributed by atoms with Gasteiger partial charge in [0.25, 0.3) is 5.91 Å². The van der Waals surface area contributed by atoms with E-state index in [-0.39, 0.29) is 11.9 Å². The fraction of sp³-hybridized carbons (Fsp3) is 0.353. The van der Waals surface area contributed by atoms with Crippen LogP contribution in [-0.2, 0) is 6.54 Å². The standard InChI is InChI=1S/C17H19N5O/c1-12-8-20-21(10-12)11-13-4-3-7-22(13)17(23)15-9-19-16-14(15)5-2-6-18-16/h2,5-6,8-10,13H,3-4,7,11H2,1H3,(H,18,19)/t13-/m1/s1. The Hall–Kier alpha value is -2.63. The number of pyridine rings is 1. The Balaban J connectivity index is 1.59. The molecule has 0 aromatic carbocycles. The second-order valence-electron chi connectivity index (χ2n) is 6.14. The number of carbonyl (C=O) groups excluding carboxylic acids is 1. The molecular formula is C17H19N5O. The van der Waals surface area contributed by atoms with Crippen molar-refractivity contribution in [1.82, 2.24) is 24.6 Å². The molecule has 1 N–H and O–H groups in total. The normalized spacial score (nSPS) is 18.0. The Kier molecular flexibility index (Phi) is 3.37. The van der Waals surface area contributed by atoms with Gasteiger partial charge in [-0.15, -0.1) is 0 Å². The fourth-order valence-electron chi connectivity index (χ4n) is 3.36. The smallest absolute Gasteiger partial charge is 0.256 e. The molecule has 0 aliphatic carbocycles. The van der Waals surface area contributed by atoms with E-state index < -0.39 is 0 Å². The maximum atomic E-state index is 13.0. The van der Waals surface area contributed by atoms with Crippen molar-refractivity contribution in [2.24, 2.45) is 0 Å². The van der Waals surface area contributed by atoms with E-state index >= 15 is 0 Å². The Bertz CT molecular complexity index is 849. The van der Waals surface area contributed by atoms with Gasteiger partial charge in [-0.3, -0.25) is 9.48 Å². The molecule has 0 radical (unpaired) electrons. The van der Waals surface area contributed by atoms with E-state index in [2.05, 4.69) is 15.1 Å². The molecule has 1 aliphatic rings. The Morgan fingerprint density at radius 3 is 3.22 bits per heavy atom. The molecule has 6 heteroatoms. The van der Waals surface area contributed by atoms with E-state index in [0.717, 1.165) is 42.5 Å². The van der Waals surface area contributed by atoms with Crippen molar-refractivity contribution in [1.29, 1.82) is 0 Å². The fourth-order valence-corrected chi connectivity index (χ4v) is 3.36. The van der Waals surface area contributed by atoms with E-state index in [1.165, 1.54) is 0 Å². The lowest BCUT2D eigenvalue weighted by molar-refractivity contribution is 0.0723. The number of aromatic nitrogens is 4. The van der Waals surface area contributed by atoms with Gasteiger partial charge in [0.15, 0.2) is 0 Å². The van der Waals surface area contributed by atoms with E-state index in [1.807, 2.05) is 41.0 Å². The van der Waals surface area contributed by atoms with Crippen LogP contribution in [0.4, 0.5) is 0 Å². The number of rotatable bonds is 3. The second kappa shape index (κ2) is 5.53. The van der Waals surface area contributed by atoms with Crippen molar-refractivity contribution in [3.8, 4) is 0 Å². The van der Waals surface area contributed by atoms with E-state index in [4.69, 9.17) is 0 Å². The molecule has 3 aromatic heterocycles. The third kappa shape index (κ3) is 2.50. The van der Waals surface area contributed by atoms with E-state index in [0.29, 0.717) is 5.56 Å². The number of carbonyl (C=O) groups is 1. The maximum Gasteiger partial charge on any atom is 0.256 e. The molecule has 4 heterocycles. The number of amides is 1. The number of aryl methyl sites for hydroxylation is 1. The van der Waals surface area contributed by atoms with Crippen LogP contribution in [0.25, 0.3) is 11.0 Å². The molecule has 1 amide bonds. The minimum Gasteiger partial charge on any atom is -0.345 e. The van der Waals surface area contributed by atoms with Gasteiger partial charge in [0, 0.05) is 30.5 Å². The largest absolute Gasteiger partial charge is 0.345 e. The summed E-state index contributed by atoms with van der Waals surface area (Å²) in [6.45, 7) is 3.58. The number of hydrogen-bond acceptors (Lipinski definition) is 3. The van der Waals surface area contributed by atoms with E-state index in [1.54, 1.807) is 12.4 Å². The van der Waals surface area contributed by atoms with Gasteiger partial charge in [-0.25, -0.2) is 4.98 Å². The minimum atomic E-state index is 0.0793. The Morgan fingerprint density at radius 1 is 1.48 bits per heavy atom. The second-order valence-corrected chi connectivity index (χ2v) is 6.14. The zero-order chi connectivity index (χ0) is 15.8. The molecule has 6 nitrogen and oxygen atoms in total. The average molecular weight is 309 g/mol. The third-order valence-electron chi connectivity index (χ3n) is 4.48. The Labute approximate surface area is 134 Å². The van der Waals surface area contributed by atoms with E-state index in [9.17, 15) is 4.79 Å². The van der Waals surface area contributed by atoms with Crippen LogP contribution in [0.3, 0.4) is 0 Å². The zero-order valence-corrected chi connectivity index (χ0v) is 13.1. The number of aromatic amines is 1. The molecular weight excluding hydrogens is 290 g/mol. The highest BCUT2D eigenvalue weighted by Crippen LogP contribution is 2.24. The molecule has 1 atom stereocenters. The van der Waals surface area contributed by atoms with Crippen LogP contribution in [0, 0.1) is 6.92 Å². The number of fused-ring (bicyclic) bond motifs is 1. The van der Waals surface area contributed by atoms with Crippen molar-refractivity contribution in [2.75, 3.05) is 6.54 Å². The molecule has 1 fully saturated rings. The molecule has 0 unspecified atom stereocenters. The van der Waals surface area contributed by atoms with Crippen molar-refractivity contribution < 1.29 is 4.79 Å². The lowest BCUT2D eigenvalue weighted by atomic mass is 10.1. The summed E-state index contributed by atoms with van der Waals surface area (Å²) in [7, 11) is 0. The van der Waals surface area contributed by atoms with Gasteiger partial charge < -0.3 is 9.88 Å². The summed E-state index contributed by atoms with van der Waals surface area (Å²) in [5, 5.41) is 5.24. The molecule has 1 aliphatic heterocycles. The number of likely N-dealkylation sites (tertiary alicyclic amines) is 1. The maximum absolute atomic E-state index is 13.0. The lowest BCUT2D eigenvalue weighted by Gasteiger charge is -2.24. The van der Waals surface area contributed by atoms with Crippen LogP contribution >= 0.6 is 0 Å². The van der Waals surface area contributed by atoms with Crippen LogP contribution in [-0.4, -0.2) is 43.1 Å². The summed E-state index contributed by atoms with van der Waals surface area (Å²) < 4.78 is 1.93. The molecule has 3 aromatic rings. The summed E-state index contributed by atoms with van der Waals surface area (Å²) in [6, 6.07) is 4.00. The summed E-state index contributed by atoms with van der Waals surface area (Å²) in [5.74, 6) is 0.0793. The monoisotopic (exact) mass is 309 g/mol. The van der Waals surface area contributed by atoms with Crippen molar-refractivity contribution in [2.45, 2.75) is 32.4 Å². The van der Waals surface area contributed by atoms with Gasteiger partial charge in [-0.2, -0.15) is 5.10 Å². The van der Waals surface area contributed by atoms with Gasteiger partial charge in [0.2, 0.25) is 0 Å². The first-order chi connectivity index (χ1) is 11.2. The highest BCUT2D eigenvalue weighted by molar-refractivity contribution is 6.06. The molecule has 0 spiro atoms. The predicted octanol–water partition coefficient (Wildman–Crippen LogP) is 2.37. The Morgan fingerprint density at radius 2 is 2.39 bits per heavy atom. The lowest BCUT2D eigenvalue weighted by Crippen LogP contribution is -2.38. The predicted molar refractivity (Wildman–Crippen MR) is 87.1 cm³/mol. The van der Waals surface area contributed by atoms with Crippen LogP contribution < -0.4 is 0 Å². The van der Waals surface area contributed by atoms with Crippen molar-refractivity contribution in [3.63, 3.8) is 0 Å². The molecule has 1 saturated heterocycles. The number of hydrogen-bond donors (Lipinski definition) is 1. The molecule has 118 valence electrons. The van der Waals surface area contributed by atoms with Crippen LogP contribution in [0.15, 0.2) is 36.9 Å². The van der Waals surface area contributed by atoms with Crippen molar-refractivity contribution in [3.05, 3.63) is 48.0 Å². The average Bonchev–Trinajstić information content (AvgIpc) is 3.27. The molecule has 4 rings (SSSR count). The molecule has 0 saturated carbocycles. The summed E-state index contributed by atoms with van der Waals surface area (Å²) in [5.41, 5.74) is 2.61. The SMILES string of the molecule is Cc1cnn(C[C@H]2CCCN2C(=O)c2c[nH]c3ncccc23)c1. The summed E-state index contributed by atoms with van der Waals surface area (Å²) in [6.07, 6.45) is 9.44. The number of nitrogens with one attached hydrogen (secondary N) is 1. The van der Waals surface area contributed by atoms with Gasteiger partial charge in [0.05, 0.1) is 24.3 Å². The van der Waals surface area contributed by atoms with Gasteiger partial charge >= 0.3 is 0 Å². The first-order valence-corrected chi connectivity index (χ1v) is 7.94. The minimum absolute atomic E-state index is 0.0793. The summed E-state index contributed by atoms with van der Waals surface area (Å²) in [4.78, 5) is 22.3. The topological polar surface area (TPSA) is 66.8 Å². The first kappa shape index (κ1) is 14.0. The summed E-state index contributed by atoms with van der Waals surface area (Å²) >= 11 is 0. The molecule has 0 bridgehead atoms. The van der Waals surface area contributed by atoms with Crippen molar-refractivity contribution >= 4 is 16.9 Å². The van der Waals surface area contributed by atoms with Gasteiger partial charge in [-0.1, -0.05) is 0 Å². The zero-order valence-electron chi connectivity index (χ0n) is 13.1. The van der Waals surface area contributed by atoms with Gasteiger partial charge in [-0.05, 0) is 37.5 Å². The van der Waals surface area contributed by atoms with Crippen LogP contribution in [0.5, 0.6) is 0 Å². The quantitative estimate of drug-likeness (QED) is 0.807. The molecule has 23 heavy (non-hydrogen) atoms. The third-order valence-corrected chi connectivity index (χ3v) is 4.48. The first-order valence-electron chi connectivity index (χ1n) is 7.94. The van der Waals surface area contributed by atoms with Crippen LogP contribution in [0.1, 0.15) is 28.8 Å². The van der Waals surface area contributed by atoms with Gasteiger partial charge in [0.1, 0.15) is 5.65 Å². The highest BCUT2D eigenvalue weighted by Gasteiger charge is 2.31. The number of nitrogens with zero attached hydrogens (tertiary/aromatic N) is 4. The number of H-pyrrole nitrogens is 1. The highest BCUT2D eigenvalue weighted by atomic mass is 16.2.